The van der Waals surface area contributed by atoms with Crippen LogP contribution in [0.25, 0.3) is 0 Å². The number of likely N-dealkylation sites (tertiary alicyclic amines) is 2. The van der Waals surface area contributed by atoms with Crippen LogP contribution in [0.5, 0.6) is 5.75 Å². The van der Waals surface area contributed by atoms with Crippen LogP contribution in [0.3, 0.4) is 0 Å². The van der Waals surface area contributed by atoms with E-state index in [2.05, 4.69) is 4.90 Å². The highest BCUT2D eigenvalue weighted by atomic mass is 19.1. The van der Waals surface area contributed by atoms with Gasteiger partial charge in [0.15, 0.2) is 0 Å². The highest BCUT2D eigenvalue weighted by Crippen LogP contribution is 2.25. The summed E-state index contributed by atoms with van der Waals surface area (Å²) in [5.41, 5.74) is 1.57. The average Bonchev–Trinajstić information content (AvgIpc) is 3.50. The number of hydrogen-bond donors (Lipinski definition) is 0. The van der Waals surface area contributed by atoms with Crippen molar-refractivity contribution in [1.82, 2.24) is 14.7 Å². The van der Waals surface area contributed by atoms with Gasteiger partial charge in [-0.05, 0) is 68.6 Å². The van der Waals surface area contributed by atoms with E-state index in [1.807, 2.05) is 17.0 Å². The van der Waals surface area contributed by atoms with Gasteiger partial charge in [-0.15, -0.1) is 0 Å². The van der Waals surface area contributed by atoms with Gasteiger partial charge < -0.3 is 19.4 Å². The standard InChI is InChI=1S/C26H32FN3O3/c1-28(2)25(31)20-9-7-19(8-10-20)18-33-22-11-12-23(24(27)16-22)26(32)30-15-5-6-21(30)17-29-13-3-4-14-29/h7-12,16,21H,3-6,13-15,17-18H2,1-2H3/t21-/m0/s1. The van der Waals surface area contributed by atoms with E-state index in [4.69, 9.17) is 4.74 Å². The number of ether oxygens (including phenoxy) is 1. The Morgan fingerprint density at radius 1 is 1.03 bits per heavy atom. The van der Waals surface area contributed by atoms with Crippen molar-refractivity contribution < 1.29 is 18.7 Å². The normalized spacial score (nSPS) is 18.5. The molecule has 0 bridgehead atoms. The van der Waals surface area contributed by atoms with Gasteiger partial charge in [-0.3, -0.25) is 9.59 Å². The van der Waals surface area contributed by atoms with Crippen LogP contribution in [0.2, 0.25) is 0 Å². The molecule has 2 fully saturated rings. The van der Waals surface area contributed by atoms with Gasteiger partial charge in [-0.1, -0.05) is 12.1 Å². The lowest BCUT2D eigenvalue weighted by Crippen LogP contribution is -2.42. The maximum absolute atomic E-state index is 14.8. The van der Waals surface area contributed by atoms with Crippen LogP contribution in [0.1, 0.15) is 52.0 Å². The van der Waals surface area contributed by atoms with Crippen LogP contribution < -0.4 is 4.74 Å². The van der Waals surface area contributed by atoms with Gasteiger partial charge in [-0.25, -0.2) is 4.39 Å². The predicted octanol–water partition coefficient (Wildman–Crippen LogP) is 3.81. The summed E-state index contributed by atoms with van der Waals surface area (Å²) >= 11 is 0. The zero-order valence-electron chi connectivity index (χ0n) is 19.4. The Labute approximate surface area is 194 Å². The first-order valence-corrected chi connectivity index (χ1v) is 11.7. The van der Waals surface area contributed by atoms with Crippen molar-refractivity contribution in [3.8, 4) is 5.75 Å². The average molecular weight is 454 g/mol. The van der Waals surface area contributed by atoms with Gasteiger partial charge in [0.1, 0.15) is 18.2 Å². The molecule has 1 atom stereocenters. The summed E-state index contributed by atoms with van der Waals surface area (Å²) in [6, 6.07) is 11.7. The minimum atomic E-state index is -0.559. The lowest BCUT2D eigenvalue weighted by Gasteiger charge is -2.28. The number of nitrogens with zero attached hydrogens (tertiary/aromatic N) is 3. The van der Waals surface area contributed by atoms with Gasteiger partial charge >= 0.3 is 0 Å². The third kappa shape index (κ3) is 5.53. The number of benzene rings is 2. The van der Waals surface area contributed by atoms with Crippen molar-refractivity contribution in [3.63, 3.8) is 0 Å². The predicted molar refractivity (Wildman–Crippen MR) is 125 cm³/mol. The Hall–Kier alpha value is -2.93. The third-order valence-corrected chi connectivity index (χ3v) is 6.49. The van der Waals surface area contributed by atoms with Crippen molar-refractivity contribution in [1.29, 1.82) is 0 Å². The Morgan fingerprint density at radius 3 is 2.42 bits per heavy atom. The molecule has 0 unspecified atom stereocenters. The molecule has 0 saturated carbocycles. The fourth-order valence-electron chi connectivity index (χ4n) is 4.64. The number of halogens is 1. The molecule has 2 aromatic rings. The molecule has 7 heteroatoms. The smallest absolute Gasteiger partial charge is 0.257 e. The summed E-state index contributed by atoms with van der Waals surface area (Å²) in [5, 5.41) is 0. The maximum Gasteiger partial charge on any atom is 0.257 e. The van der Waals surface area contributed by atoms with Crippen molar-refractivity contribution in [3.05, 3.63) is 65.0 Å². The van der Waals surface area contributed by atoms with Crippen LogP contribution in [-0.4, -0.2) is 72.8 Å². The van der Waals surface area contributed by atoms with E-state index in [9.17, 15) is 14.0 Å². The largest absolute Gasteiger partial charge is 0.489 e. The van der Waals surface area contributed by atoms with E-state index in [0.717, 1.165) is 38.0 Å². The summed E-state index contributed by atoms with van der Waals surface area (Å²) < 4.78 is 20.6. The Morgan fingerprint density at radius 2 is 1.76 bits per heavy atom. The second-order valence-electron chi connectivity index (χ2n) is 9.13. The zero-order valence-corrected chi connectivity index (χ0v) is 19.4. The van der Waals surface area contributed by atoms with E-state index < -0.39 is 5.82 Å². The van der Waals surface area contributed by atoms with Crippen LogP contribution in [0.15, 0.2) is 42.5 Å². The number of carbonyl (C=O) groups excluding carboxylic acids is 2. The lowest BCUT2D eigenvalue weighted by molar-refractivity contribution is 0.0703. The van der Waals surface area contributed by atoms with Crippen molar-refractivity contribution in [2.24, 2.45) is 0 Å². The molecular weight excluding hydrogens is 421 g/mol. The fourth-order valence-corrected chi connectivity index (χ4v) is 4.64. The molecule has 4 rings (SSSR count). The molecule has 0 spiro atoms. The van der Waals surface area contributed by atoms with E-state index in [-0.39, 0.29) is 30.0 Å². The van der Waals surface area contributed by atoms with E-state index >= 15 is 0 Å². The number of carbonyl (C=O) groups is 2. The molecule has 0 aliphatic carbocycles. The summed E-state index contributed by atoms with van der Waals surface area (Å²) in [6.07, 6.45) is 4.38. The maximum atomic E-state index is 14.8. The molecule has 0 radical (unpaired) electrons. The van der Waals surface area contributed by atoms with Crippen LogP contribution >= 0.6 is 0 Å². The first-order valence-electron chi connectivity index (χ1n) is 11.7. The quantitative estimate of drug-likeness (QED) is 0.640. The molecule has 0 aromatic heterocycles. The first kappa shape index (κ1) is 23.2. The second kappa shape index (κ2) is 10.3. The second-order valence-corrected chi connectivity index (χ2v) is 9.13. The zero-order chi connectivity index (χ0) is 23.4. The van der Waals surface area contributed by atoms with Crippen molar-refractivity contribution in [2.75, 3.05) is 40.3 Å². The molecule has 6 nitrogen and oxygen atoms in total. The topological polar surface area (TPSA) is 53.1 Å². The fraction of sp³-hybridized carbons (Fsp3) is 0.462. The molecule has 2 saturated heterocycles. The Kier molecular flexibility index (Phi) is 7.28. The van der Waals surface area contributed by atoms with Gasteiger partial charge in [0.2, 0.25) is 0 Å². The summed E-state index contributed by atoms with van der Waals surface area (Å²) in [5.74, 6) is -0.490. The molecule has 2 aliphatic heterocycles. The van der Waals surface area contributed by atoms with Crippen LogP contribution in [0, 0.1) is 5.82 Å². The molecule has 2 aromatic carbocycles. The molecular formula is C26H32FN3O3. The lowest BCUT2D eigenvalue weighted by atomic mass is 10.1. The van der Waals surface area contributed by atoms with Gasteiger partial charge in [0.05, 0.1) is 5.56 Å². The Balaban J connectivity index is 1.36. The highest BCUT2D eigenvalue weighted by Gasteiger charge is 2.32. The van der Waals surface area contributed by atoms with Gasteiger partial charge in [0, 0.05) is 44.9 Å². The van der Waals surface area contributed by atoms with Crippen LogP contribution in [0.4, 0.5) is 4.39 Å². The van der Waals surface area contributed by atoms with Crippen molar-refractivity contribution in [2.45, 2.75) is 38.3 Å². The van der Waals surface area contributed by atoms with Gasteiger partial charge in [0.25, 0.3) is 11.8 Å². The molecule has 33 heavy (non-hydrogen) atoms. The van der Waals surface area contributed by atoms with Crippen LogP contribution in [-0.2, 0) is 6.61 Å². The van der Waals surface area contributed by atoms with Gasteiger partial charge in [-0.2, -0.15) is 0 Å². The minimum absolute atomic E-state index is 0.0644. The summed E-state index contributed by atoms with van der Waals surface area (Å²) in [7, 11) is 3.42. The number of amides is 2. The van der Waals surface area contributed by atoms with E-state index in [1.165, 1.54) is 29.9 Å². The molecule has 176 valence electrons. The van der Waals surface area contributed by atoms with Crippen molar-refractivity contribution >= 4 is 11.8 Å². The Bertz CT molecular complexity index is 987. The summed E-state index contributed by atoms with van der Waals surface area (Å²) in [6.45, 7) is 3.99. The SMILES string of the molecule is CN(C)C(=O)c1ccc(COc2ccc(C(=O)N3CCC[C@H]3CN3CCCC3)c(F)c2)cc1. The minimum Gasteiger partial charge on any atom is -0.489 e. The number of rotatable bonds is 7. The molecule has 2 aliphatic rings. The molecule has 2 heterocycles. The first-order chi connectivity index (χ1) is 15.9. The number of hydrogen-bond acceptors (Lipinski definition) is 4. The molecule has 2 amide bonds. The van der Waals surface area contributed by atoms with E-state index in [0.29, 0.717) is 17.9 Å². The third-order valence-electron chi connectivity index (χ3n) is 6.49. The summed E-state index contributed by atoms with van der Waals surface area (Å²) in [4.78, 5) is 30.8. The highest BCUT2D eigenvalue weighted by molar-refractivity contribution is 5.95. The van der Waals surface area contributed by atoms with E-state index in [1.54, 1.807) is 32.3 Å². The molecule has 0 N–H and O–H groups in total. The monoisotopic (exact) mass is 453 g/mol.